The molecule has 28 heavy (non-hydrogen) atoms. The van der Waals surface area contributed by atoms with Gasteiger partial charge < -0.3 is 5.11 Å². The zero-order valence-corrected chi connectivity index (χ0v) is 16.7. The summed E-state index contributed by atoms with van der Waals surface area (Å²) in [5.74, 6) is -0.179. The van der Waals surface area contributed by atoms with E-state index in [4.69, 9.17) is 13.1 Å². The second-order valence-corrected chi connectivity index (χ2v) is 7.40. The summed E-state index contributed by atoms with van der Waals surface area (Å²) in [5, 5.41) is 25.5. The highest BCUT2D eigenvalue weighted by atomic mass is 16.3. The van der Waals surface area contributed by atoms with Gasteiger partial charge in [-0.25, -0.2) is 9.69 Å². The van der Waals surface area contributed by atoms with Crippen LogP contribution in [0.3, 0.4) is 0 Å². The molecule has 0 bridgehead atoms. The van der Waals surface area contributed by atoms with Gasteiger partial charge in [-0.1, -0.05) is 34.1 Å². The van der Waals surface area contributed by atoms with Gasteiger partial charge in [0.25, 0.3) is 16.9 Å². The van der Waals surface area contributed by atoms with Crippen LogP contribution >= 0.6 is 0 Å². The van der Waals surface area contributed by atoms with Crippen LogP contribution in [-0.4, -0.2) is 19.9 Å². The van der Waals surface area contributed by atoms with Gasteiger partial charge in [-0.2, -0.15) is 5.10 Å². The fourth-order valence-corrected chi connectivity index (χ4v) is 2.69. The number of H-pyrrole nitrogens is 1. The second kappa shape index (κ2) is 8.05. The summed E-state index contributed by atoms with van der Waals surface area (Å²) in [7, 11) is 0. The van der Waals surface area contributed by atoms with Crippen molar-refractivity contribution in [2.75, 3.05) is 0 Å². The van der Waals surface area contributed by atoms with Crippen molar-refractivity contribution in [3.05, 3.63) is 44.4 Å². The van der Waals surface area contributed by atoms with E-state index in [1.54, 1.807) is 0 Å². The predicted octanol–water partition coefficient (Wildman–Crippen LogP) is 5.20. The van der Waals surface area contributed by atoms with E-state index in [1.165, 1.54) is 6.92 Å². The van der Waals surface area contributed by atoms with Crippen LogP contribution in [0.15, 0.2) is 15.0 Å². The van der Waals surface area contributed by atoms with Gasteiger partial charge in [0.2, 0.25) is 5.88 Å². The number of pyridine rings is 1. The summed E-state index contributed by atoms with van der Waals surface area (Å²) in [5.41, 5.74) is 0.0834. The third kappa shape index (κ3) is 3.79. The summed E-state index contributed by atoms with van der Waals surface area (Å²) < 4.78 is 1.14. The zero-order valence-electron chi connectivity index (χ0n) is 16.7. The van der Waals surface area contributed by atoms with Crippen molar-refractivity contribution in [3.8, 4) is 5.88 Å². The summed E-state index contributed by atoms with van der Waals surface area (Å²) in [4.78, 5) is 19.2. The van der Waals surface area contributed by atoms with Crippen molar-refractivity contribution < 1.29 is 5.11 Å². The van der Waals surface area contributed by atoms with E-state index in [0.717, 1.165) is 11.0 Å². The number of rotatable bonds is 5. The Labute approximate surface area is 163 Å². The fourth-order valence-electron chi connectivity index (χ4n) is 2.69. The molecular weight excluding hydrogens is 358 g/mol. The average molecular weight is 381 g/mol. The minimum Gasteiger partial charge on any atom is -0.493 e. The van der Waals surface area contributed by atoms with Crippen molar-refractivity contribution in [1.82, 2.24) is 14.8 Å². The standard InChI is InChI=1S/C19H23N7O2/c1-8-9-10-26-17(27)12(20-6)11(2)13(18(26)28)22-24-16-14(21-7)15(23-25-16)19(3,4)5/h28H,8-10H2,1-5H3,(H,23,25)/b24-22+. The molecule has 0 spiro atoms. The molecule has 0 aliphatic rings. The lowest BCUT2D eigenvalue weighted by atomic mass is 9.91. The lowest BCUT2D eigenvalue weighted by Gasteiger charge is -2.15. The highest BCUT2D eigenvalue weighted by Gasteiger charge is 2.25. The number of nitrogens with one attached hydrogen (secondary N) is 1. The highest BCUT2D eigenvalue weighted by Crippen LogP contribution is 2.39. The van der Waals surface area contributed by atoms with Crippen molar-refractivity contribution in [2.24, 2.45) is 10.2 Å². The molecule has 0 radical (unpaired) electrons. The maximum atomic E-state index is 12.4. The number of azo groups is 1. The Balaban J connectivity index is 2.62. The van der Waals surface area contributed by atoms with Crippen LogP contribution in [0.1, 0.15) is 51.8 Å². The third-order valence-electron chi connectivity index (χ3n) is 4.27. The van der Waals surface area contributed by atoms with E-state index < -0.39 is 5.56 Å². The minimum atomic E-state index is -0.546. The van der Waals surface area contributed by atoms with Gasteiger partial charge in [-0.3, -0.25) is 14.5 Å². The maximum Gasteiger partial charge on any atom is 0.260 e. The van der Waals surface area contributed by atoms with Crippen LogP contribution in [0, 0.1) is 20.1 Å². The summed E-state index contributed by atoms with van der Waals surface area (Å²) in [6.07, 6.45) is 1.49. The molecule has 2 rings (SSSR count). The third-order valence-corrected chi connectivity index (χ3v) is 4.27. The molecule has 0 atom stereocenters. The van der Waals surface area contributed by atoms with Crippen molar-refractivity contribution in [3.63, 3.8) is 0 Å². The number of aromatic amines is 1. The molecule has 0 aliphatic carbocycles. The summed E-state index contributed by atoms with van der Waals surface area (Å²) >= 11 is 0. The molecule has 9 nitrogen and oxygen atoms in total. The second-order valence-electron chi connectivity index (χ2n) is 7.40. The topological polar surface area (TPSA) is 104 Å². The average Bonchev–Trinajstić information content (AvgIpc) is 3.05. The molecule has 146 valence electrons. The van der Waals surface area contributed by atoms with Gasteiger partial charge in [-0.15, -0.1) is 10.2 Å². The summed E-state index contributed by atoms with van der Waals surface area (Å²) in [6, 6.07) is 0. The van der Waals surface area contributed by atoms with Crippen LogP contribution in [0.25, 0.3) is 9.69 Å². The Morgan fingerprint density at radius 1 is 1.21 bits per heavy atom. The van der Waals surface area contributed by atoms with Gasteiger partial charge in [0.1, 0.15) is 5.69 Å². The first kappa shape index (κ1) is 20.8. The van der Waals surface area contributed by atoms with E-state index in [2.05, 4.69) is 30.1 Å². The van der Waals surface area contributed by atoms with Crippen molar-refractivity contribution in [1.29, 1.82) is 0 Å². The Kier molecular flexibility index (Phi) is 5.99. The van der Waals surface area contributed by atoms with Crippen LogP contribution in [0.5, 0.6) is 5.88 Å². The molecule has 0 aliphatic heterocycles. The Morgan fingerprint density at radius 2 is 1.86 bits per heavy atom. The molecule has 0 fully saturated rings. The monoisotopic (exact) mass is 381 g/mol. The molecule has 0 saturated heterocycles. The molecule has 0 saturated carbocycles. The number of hydrogen-bond acceptors (Lipinski definition) is 5. The van der Waals surface area contributed by atoms with Gasteiger partial charge in [0.15, 0.2) is 5.82 Å². The number of unbranched alkanes of at least 4 members (excludes halogenated alkanes) is 1. The molecular formula is C19H23N7O2. The SMILES string of the molecule is [C-]#[N+]c1c(C(C)(C)C)n[nH]c1/N=N/c1c(C)c([N+]#[C-])c(=O)n(CCCC)c1O. The molecule has 0 unspecified atom stereocenters. The van der Waals surface area contributed by atoms with E-state index in [9.17, 15) is 9.90 Å². The first-order valence-electron chi connectivity index (χ1n) is 8.89. The number of nitrogens with zero attached hydrogens (tertiary/aromatic N) is 6. The first-order valence-corrected chi connectivity index (χ1v) is 8.89. The van der Waals surface area contributed by atoms with Crippen LogP contribution in [0.4, 0.5) is 22.9 Å². The molecule has 2 N–H and O–H groups in total. The fraction of sp³-hybridized carbons (Fsp3) is 0.474. The largest absolute Gasteiger partial charge is 0.493 e. The number of aromatic nitrogens is 3. The van der Waals surface area contributed by atoms with Crippen LogP contribution in [-0.2, 0) is 12.0 Å². The van der Waals surface area contributed by atoms with Crippen LogP contribution < -0.4 is 5.56 Å². The normalized spacial score (nSPS) is 11.5. The molecule has 2 aromatic rings. The minimum absolute atomic E-state index is 0.0320. The van der Waals surface area contributed by atoms with Gasteiger partial charge >= 0.3 is 0 Å². The predicted molar refractivity (Wildman–Crippen MR) is 106 cm³/mol. The Bertz CT molecular complexity index is 1060. The van der Waals surface area contributed by atoms with E-state index in [0.29, 0.717) is 12.1 Å². The van der Waals surface area contributed by atoms with Gasteiger partial charge in [0.05, 0.1) is 18.8 Å². The van der Waals surface area contributed by atoms with Gasteiger partial charge in [-0.05, 0) is 24.3 Å². The number of hydrogen-bond donors (Lipinski definition) is 2. The Hall–Kier alpha value is -3.46. The maximum absolute atomic E-state index is 12.4. The van der Waals surface area contributed by atoms with Crippen LogP contribution in [0.2, 0.25) is 0 Å². The highest BCUT2D eigenvalue weighted by molar-refractivity contribution is 5.68. The Morgan fingerprint density at radius 3 is 2.39 bits per heavy atom. The molecule has 0 aromatic carbocycles. The zero-order chi connectivity index (χ0) is 21.1. The molecule has 2 heterocycles. The first-order chi connectivity index (χ1) is 13.2. The van der Waals surface area contributed by atoms with E-state index in [-0.39, 0.29) is 46.3 Å². The van der Waals surface area contributed by atoms with Crippen molar-refractivity contribution in [2.45, 2.75) is 59.4 Å². The molecule has 2 aromatic heterocycles. The van der Waals surface area contributed by atoms with Gasteiger partial charge in [0, 0.05) is 6.54 Å². The lowest BCUT2D eigenvalue weighted by Crippen LogP contribution is -2.20. The number of aromatic hydroxyl groups is 1. The van der Waals surface area contributed by atoms with Crippen molar-refractivity contribution >= 4 is 22.9 Å². The quantitative estimate of drug-likeness (QED) is 0.549. The van der Waals surface area contributed by atoms with E-state index in [1.807, 2.05) is 27.7 Å². The lowest BCUT2D eigenvalue weighted by molar-refractivity contribution is 0.403. The molecule has 9 heteroatoms. The molecule has 0 amide bonds. The van der Waals surface area contributed by atoms with E-state index >= 15 is 0 Å². The smallest absolute Gasteiger partial charge is 0.260 e. The summed E-state index contributed by atoms with van der Waals surface area (Å²) in [6.45, 7) is 24.3.